The molecule has 0 aliphatic rings. The molecule has 0 saturated heterocycles. The van der Waals surface area contributed by atoms with Crippen molar-refractivity contribution in [3.63, 3.8) is 0 Å². The van der Waals surface area contributed by atoms with E-state index < -0.39 is 0 Å². The maximum Gasteiger partial charge on any atom is 0.242 e. The van der Waals surface area contributed by atoms with Crippen LogP contribution in [0.5, 0.6) is 11.6 Å². The second kappa shape index (κ2) is 7.48. The summed E-state index contributed by atoms with van der Waals surface area (Å²) in [5.41, 5.74) is 2.39. The van der Waals surface area contributed by atoms with Crippen molar-refractivity contribution < 1.29 is 9.84 Å². The van der Waals surface area contributed by atoms with Gasteiger partial charge in [-0.3, -0.25) is 0 Å². The Morgan fingerprint density at radius 1 is 0.700 bits per heavy atom. The van der Waals surface area contributed by atoms with Crippen LogP contribution in [0.2, 0.25) is 0 Å². The van der Waals surface area contributed by atoms with Gasteiger partial charge in [0.2, 0.25) is 5.88 Å². The van der Waals surface area contributed by atoms with Crippen LogP contribution in [-0.2, 0) is 0 Å². The summed E-state index contributed by atoms with van der Waals surface area (Å²) >= 11 is 0. The van der Waals surface area contributed by atoms with Gasteiger partial charge in [0.25, 0.3) is 0 Å². The number of hydrogen-bond donors (Lipinski definition) is 1. The van der Waals surface area contributed by atoms with Gasteiger partial charge in [0.15, 0.2) is 0 Å². The molecule has 0 aliphatic carbocycles. The molecular formula is C26H20N2O2. The number of benzene rings is 4. The topological polar surface area (TPSA) is 55.2 Å². The Kier molecular flexibility index (Phi) is 4.52. The Bertz CT molecular complexity index is 1350. The minimum atomic E-state index is -0.166. The molecule has 0 fully saturated rings. The summed E-state index contributed by atoms with van der Waals surface area (Å²) in [6.07, 6.45) is -0.166. The second-order valence-corrected chi connectivity index (χ2v) is 7.25. The first-order valence-corrected chi connectivity index (χ1v) is 9.90. The number of fused-ring (bicyclic) bond motifs is 2. The van der Waals surface area contributed by atoms with Crippen LogP contribution >= 0.6 is 0 Å². The zero-order valence-corrected chi connectivity index (χ0v) is 16.5. The van der Waals surface area contributed by atoms with E-state index in [1.165, 1.54) is 0 Å². The first-order chi connectivity index (χ1) is 14.7. The Morgan fingerprint density at radius 2 is 1.37 bits per heavy atom. The molecule has 1 unspecified atom stereocenters. The van der Waals surface area contributed by atoms with E-state index in [0.717, 1.165) is 27.1 Å². The number of aromatic hydroxyl groups is 1. The van der Waals surface area contributed by atoms with Gasteiger partial charge in [0.05, 0.1) is 5.56 Å². The Labute approximate surface area is 174 Å². The molecule has 0 bridgehead atoms. The number of phenolic OH excluding ortho intramolecular Hbond substituents is 1. The van der Waals surface area contributed by atoms with Gasteiger partial charge in [0, 0.05) is 10.8 Å². The monoisotopic (exact) mass is 392 g/mol. The molecule has 5 rings (SSSR count). The number of phenols is 1. The van der Waals surface area contributed by atoms with Crippen LogP contribution in [-0.4, -0.2) is 15.3 Å². The van der Waals surface area contributed by atoms with Crippen molar-refractivity contribution in [1.82, 2.24) is 10.2 Å². The quantitative estimate of drug-likeness (QED) is 0.390. The van der Waals surface area contributed by atoms with Crippen molar-refractivity contribution in [3.8, 4) is 22.9 Å². The van der Waals surface area contributed by atoms with Crippen molar-refractivity contribution >= 4 is 21.5 Å². The molecule has 4 heteroatoms. The standard InChI is InChI=1S/C26H20N2O2/c1-17(18-9-3-2-4-10-18)30-26-22-14-8-7-13-21(22)25(27-28-26)24-20-12-6-5-11-19(20)15-16-23(24)29/h2-17,29H,1H3. The van der Waals surface area contributed by atoms with Crippen LogP contribution in [0.25, 0.3) is 32.8 Å². The minimum absolute atomic E-state index is 0.166. The number of aromatic nitrogens is 2. The van der Waals surface area contributed by atoms with Crippen LogP contribution in [0.4, 0.5) is 0 Å². The van der Waals surface area contributed by atoms with Gasteiger partial charge >= 0.3 is 0 Å². The van der Waals surface area contributed by atoms with Crippen molar-refractivity contribution in [2.75, 3.05) is 0 Å². The van der Waals surface area contributed by atoms with Crippen molar-refractivity contribution in [1.29, 1.82) is 0 Å². The average molecular weight is 392 g/mol. The predicted octanol–water partition coefficient (Wildman–Crippen LogP) is 6.30. The van der Waals surface area contributed by atoms with Crippen LogP contribution in [0, 0.1) is 0 Å². The van der Waals surface area contributed by atoms with E-state index in [1.54, 1.807) is 6.07 Å². The molecule has 1 N–H and O–H groups in total. The number of hydrogen-bond acceptors (Lipinski definition) is 4. The fourth-order valence-corrected chi connectivity index (χ4v) is 3.82. The number of rotatable bonds is 4. The van der Waals surface area contributed by atoms with Crippen LogP contribution in [0.15, 0.2) is 91.0 Å². The van der Waals surface area contributed by atoms with E-state index >= 15 is 0 Å². The zero-order chi connectivity index (χ0) is 20.5. The summed E-state index contributed by atoms with van der Waals surface area (Å²) in [6, 6.07) is 29.5. The molecular weight excluding hydrogens is 372 g/mol. The maximum atomic E-state index is 10.7. The lowest BCUT2D eigenvalue weighted by molar-refractivity contribution is 0.218. The SMILES string of the molecule is CC(Oc1nnc(-c2c(O)ccc3ccccc23)c2ccccc12)c1ccccc1. The lowest BCUT2D eigenvalue weighted by Crippen LogP contribution is -2.06. The lowest BCUT2D eigenvalue weighted by atomic mass is 9.98. The molecule has 0 saturated carbocycles. The van der Waals surface area contributed by atoms with Crippen molar-refractivity contribution in [2.45, 2.75) is 13.0 Å². The molecule has 4 aromatic carbocycles. The van der Waals surface area contributed by atoms with Gasteiger partial charge in [-0.2, -0.15) is 0 Å². The fourth-order valence-electron chi connectivity index (χ4n) is 3.82. The smallest absolute Gasteiger partial charge is 0.242 e. The van der Waals surface area contributed by atoms with E-state index in [0.29, 0.717) is 17.1 Å². The fraction of sp³-hybridized carbons (Fsp3) is 0.0769. The van der Waals surface area contributed by atoms with Gasteiger partial charge in [-0.1, -0.05) is 78.9 Å². The first kappa shape index (κ1) is 18.1. The minimum Gasteiger partial charge on any atom is -0.507 e. The summed E-state index contributed by atoms with van der Waals surface area (Å²) in [7, 11) is 0. The second-order valence-electron chi connectivity index (χ2n) is 7.25. The molecule has 0 radical (unpaired) electrons. The van der Waals surface area contributed by atoms with E-state index in [9.17, 15) is 5.11 Å². The van der Waals surface area contributed by atoms with Gasteiger partial charge in [-0.25, -0.2) is 0 Å². The van der Waals surface area contributed by atoms with E-state index in [1.807, 2.05) is 91.9 Å². The highest BCUT2D eigenvalue weighted by atomic mass is 16.5. The molecule has 4 nitrogen and oxygen atoms in total. The third-order valence-electron chi connectivity index (χ3n) is 5.35. The van der Waals surface area contributed by atoms with Gasteiger partial charge in [0.1, 0.15) is 17.5 Å². The van der Waals surface area contributed by atoms with E-state index in [4.69, 9.17) is 4.74 Å². The van der Waals surface area contributed by atoms with E-state index in [-0.39, 0.29) is 11.9 Å². The predicted molar refractivity (Wildman–Crippen MR) is 120 cm³/mol. The van der Waals surface area contributed by atoms with Gasteiger partial charge in [-0.05, 0) is 35.4 Å². The normalized spacial score (nSPS) is 12.2. The Hall–Kier alpha value is -3.92. The van der Waals surface area contributed by atoms with E-state index in [2.05, 4.69) is 10.2 Å². The van der Waals surface area contributed by atoms with Gasteiger partial charge < -0.3 is 9.84 Å². The highest BCUT2D eigenvalue weighted by molar-refractivity contribution is 6.06. The maximum absolute atomic E-state index is 10.7. The molecule has 1 aromatic heterocycles. The highest BCUT2D eigenvalue weighted by Crippen LogP contribution is 2.40. The third-order valence-corrected chi connectivity index (χ3v) is 5.35. The third kappa shape index (κ3) is 3.12. The number of ether oxygens (including phenoxy) is 1. The van der Waals surface area contributed by atoms with Crippen molar-refractivity contribution in [3.05, 3.63) is 96.6 Å². The summed E-state index contributed by atoms with van der Waals surface area (Å²) < 4.78 is 6.19. The molecule has 146 valence electrons. The lowest BCUT2D eigenvalue weighted by Gasteiger charge is -2.17. The summed E-state index contributed by atoms with van der Waals surface area (Å²) in [6.45, 7) is 2.00. The molecule has 0 amide bonds. The average Bonchev–Trinajstić information content (AvgIpc) is 2.80. The molecule has 0 aliphatic heterocycles. The molecule has 0 spiro atoms. The Balaban J connectivity index is 1.67. The highest BCUT2D eigenvalue weighted by Gasteiger charge is 2.18. The Morgan fingerprint density at radius 3 is 2.17 bits per heavy atom. The number of nitrogens with zero attached hydrogens (tertiary/aromatic N) is 2. The summed E-state index contributed by atoms with van der Waals surface area (Å²) in [5, 5.41) is 23.3. The van der Waals surface area contributed by atoms with Gasteiger partial charge in [-0.15, -0.1) is 10.2 Å². The van der Waals surface area contributed by atoms with Crippen LogP contribution in [0.3, 0.4) is 0 Å². The molecule has 1 atom stereocenters. The zero-order valence-electron chi connectivity index (χ0n) is 16.5. The summed E-state index contributed by atoms with van der Waals surface area (Å²) in [5.74, 6) is 0.657. The molecule has 30 heavy (non-hydrogen) atoms. The molecule has 1 heterocycles. The first-order valence-electron chi connectivity index (χ1n) is 9.90. The summed E-state index contributed by atoms with van der Waals surface area (Å²) in [4.78, 5) is 0. The van der Waals surface area contributed by atoms with Crippen LogP contribution in [0.1, 0.15) is 18.6 Å². The van der Waals surface area contributed by atoms with Crippen molar-refractivity contribution in [2.24, 2.45) is 0 Å². The largest absolute Gasteiger partial charge is 0.507 e. The van der Waals surface area contributed by atoms with Crippen LogP contribution < -0.4 is 4.74 Å². The molecule has 5 aromatic rings.